The van der Waals surface area contributed by atoms with Gasteiger partial charge in [0.1, 0.15) is 0 Å². The van der Waals surface area contributed by atoms with Gasteiger partial charge in [0.25, 0.3) is 5.91 Å². The molecule has 15 heavy (non-hydrogen) atoms. The smallest absolute Gasteiger partial charge is 0.263 e. The van der Waals surface area contributed by atoms with Gasteiger partial charge in [-0.05, 0) is 36.9 Å². The molecular formula is C11H16N2OS. The molecule has 4 heteroatoms. The van der Waals surface area contributed by atoms with Crippen LogP contribution >= 0.6 is 11.3 Å². The van der Waals surface area contributed by atoms with E-state index >= 15 is 0 Å². The zero-order valence-electron chi connectivity index (χ0n) is 8.95. The van der Waals surface area contributed by atoms with Crippen molar-refractivity contribution in [2.24, 2.45) is 0 Å². The van der Waals surface area contributed by atoms with Gasteiger partial charge in [0.2, 0.25) is 0 Å². The summed E-state index contributed by atoms with van der Waals surface area (Å²) in [6.45, 7) is 2.69. The number of likely N-dealkylation sites (tertiary alicyclic amines) is 1. The predicted octanol–water partition coefficient (Wildman–Crippen LogP) is 1.70. The molecule has 1 N–H and O–H groups in total. The molecule has 1 aliphatic rings. The summed E-state index contributed by atoms with van der Waals surface area (Å²) in [6.07, 6.45) is 2.31. The summed E-state index contributed by atoms with van der Waals surface area (Å²) in [7, 11) is 1.92. The Morgan fingerprint density at radius 1 is 1.53 bits per heavy atom. The Morgan fingerprint density at radius 2 is 2.27 bits per heavy atom. The van der Waals surface area contributed by atoms with Gasteiger partial charge in [0.15, 0.2) is 0 Å². The second-order valence-electron chi connectivity index (χ2n) is 3.85. The molecule has 1 fully saturated rings. The van der Waals surface area contributed by atoms with Gasteiger partial charge in [-0.1, -0.05) is 0 Å². The minimum absolute atomic E-state index is 0.208. The van der Waals surface area contributed by atoms with Crippen LogP contribution in [-0.2, 0) is 6.54 Å². The molecule has 1 aliphatic heterocycles. The molecule has 82 valence electrons. The molecule has 0 aromatic carbocycles. The lowest BCUT2D eigenvalue weighted by Gasteiger charge is -2.13. The van der Waals surface area contributed by atoms with E-state index in [-0.39, 0.29) is 5.91 Å². The van der Waals surface area contributed by atoms with Crippen molar-refractivity contribution < 1.29 is 4.79 Å². The Morgan fingerprint density at radius 3 is 2.93 bits per heavy atom. The lowest BCUT2D eigenvalue weighted by Crippen LogP contribution is -2.26. The first kappa shape index (κ1) is 10.6. The van der Waals surface area contributed by atoms with Crippen LogP contribution in [0.4, 0.5) is 0 Å². The number of nitrogens with one attached hydrogen (secondary N) is 1. The van der Waals surface area contributed by atoms with E-state index in [0.717, 1.165) is 37.4 Å². The molecule has 1 aromatic rings. The largest absolute Gasteiger partial charge is 0.338 e. The Balaban J connectivity index is 2.04. The molecule has 0 bridgehead atoms. The maximum Gasteiger partial charge on any atom is 0.263 e. The van der Waals surface area contributed by atoms with Crippen molar-refractivity contribution in [3.63, 3.8) is 0 Å². The highest BCUT2D eigenvalue weighted by molar-refractivity contribution is 7.12. The molecule has 1 saturated heterocycles. The Bertz CT molecular complexity index is 342. The first-order valence-electron chi connectivity index (χ1n) is 5.32. The van der Waals surface area contributed by atoms with Crippen molar-refractivity contribution in [1.82, 2.24) is 10.2 Å². The normalized spacial score (nSPS) is 15.9. The van der Waals surface area contributed by atoms with Crippen LogP contribution in [0.5, 0.6) is 0 Å². The van der Waals surface area contributed by atoms with E-state index in [9.17, 15) is 4.79 Å². The topological polar surface area (TPSA) is 32.3 Å². The van der Waals surface area contributed by atoms with E-state index in [2.05, 4.69) is 10.7 Å². The van der Waals surface area contributed by atoms with Gasteiger partial charge in [-0.25, -0.2) is 0 Å². The van der Waals surface area contributed by atoms with Crippen molar-refractivity contribution in [3.05, 3.63) is 21.9 Å². The van der Waals surface area contributed by atoms with Crippen LogP contribution in [0.2, 0.25) is 0 Å². The third kappa shape index (κ3) is 2.38. The fourth-order valence-corrected chi connectivity index (χ4v) is 2.74. The van der Waals surface area contributed by atoms with E-state index in [1.165, 1.54) is 5.56 Å². The third-order valence-electron chi connectivity index (χ3n) is 2.64. The highest BCUT2D eigenvalue weighted by Crippen LogP contribution is 2.19. The van der Waals surface area contributed by atoms with Crippen LogP contribution in [0.1, 0.15) is 28.1 Å². The van der Waals surface area contributed by atoms with Crippen molar-refractivity contribution >= 4 is 17.2 Å². The Kier molecular flexibility index (Phi) is 3.38. The van der Waals surface area contributed by atoms with Crippen molar-refractivity contribution in [2.45, 2.75) is 19.4 Å². The molecule has 0 aliphatic carbocycles. The summed E-state index contributed by atoms with van der Waals surface area (Å²) in [5.41, 5.74) is 1.20. The first-order valence-corrected chi connectivity index (χ1v) is 6.20. The number of hydrogen-bond acceptors (Lipinski definition) is 3. The number of hydrogen-bond donors (Lipinski definition) is 1. The van der Waals surface area contributed by atoms with Gasteiger partial charge < -0.3 is 10.2 Å². The molecule has 0 spiro atoms. The lowest BCUT2D eigenvalue weighted by molar-refractivity contribution is 0.0797. The van der Waals surface area contributed by atoms with Crippen LogP contribution in [0.15, 0.2) is 11.4 Å². The molecule has 0 saturated carbocycles. The summed E-state index contributed by atoms with van der Waals surface area (Å²) in [5.74, 6) is 0.208. The third-order valence-corrected chi connectivity index (χ3v) is 3.61. The zero-order chi connectivity index (χ0) is 10.7. The first-order chi connectivity index (χ1) is 7.31. The van der Waals surface area contributed by atoms with E-state index in [4.69, 9.17) is 0 Å². The average molecular weight is 224 g/mol. The minimum Gasteiger partial charge on any atom is -0.338 e. The van der Waals surface area contributed by atoms with E-state index in [1.54, 1.807) is 11.3 Å². The predicted molar refractivity (Wildman–Crippen MR) is 62.2 cm³/mol. The van der Waals surface area contributed by atoms with Crippen LogP contribution in [0, 0.1) is 0 Å². The van der Waals surface area contributed by atoms with Gasteiger partial charge >= 0.3 is 0 Å². The fourth-order valence-electron chi connectivity index (χ4n) is 1.86. The molecular weight excluding hydrogens is 208 g/mol. The van der Waals surface area contributed by atoms with Crippen molar-refractivity contribution in [1.29, 1.82) is 0 Å². The standard InChI is InChI=1S/C11H16N2OS/c1-12-7-9-6-10(15-8-9)11(14)13-4-2-3-5-13/h6,8,12H,2-5,7H2,1H3. The second kappa shape index (κ2) is 4.77. The molecule has 2 heterocycles. The Hall–Kier alpha value is -0.870. The zero-order valence-corrected chi connectivity index (χ0v) is 9.77. The molecule has 3 nitrogen and oxygen atoms in total. The molecule has 0 atom stereocenters. The maximum absolute atomic E-state index is 12.0. The van der Waals surface area contributed by atoms with Crippen LogP contribution in [0.25, 0.3) is 0 Å². The monoisotopic (exact) mass is 224 g/mol. The second-order valence-corrected chi connectivity index (χ2v) is 4.76. The molecule has 1 aromatic heterocycles. The summed E-state index contributed by atoms with van der Waals surface area (Å²) >= 11 is 1.55. The number of rotatable bonds is 3. The SMILES string of the molecule is CNCc1csc(C(=O)N2CCCC2)c1. The lowest BCUT2D eigenvalue weighted by atomic mass is 10.3. The summed E-state index contributed by atoms with van der Waals surface area (Å²) < 4.78 is 0. The van der Waals surface area contributed by atoms with Gasteiger partial charge in [-0.15, -0.1) is 11.3 Å². The number of nitrogens with zero attached hydrogens (tertiary/aromatic N) is 1. The quantitative estimate of drug-likeness (QED) is 0.847. The highest BCUT2D eigenvalue weighted by atomic mass is 32.1. The van der Waals surface area contributed by atoms with Crippen LogP contribution in [0.3, 0.4) is 0 Å². The fraction of sp³-hybridized carbons (Fsp3) is 0.545. The van der Waals surface area contributed by atoms with E-state index in [1.807, 2.05) is 18.0 Å². The maximum atomic E-state index is 12.0. The number of thiophene rings is 1. The summed E-state index contributed by atoms with van der Waals surface area (Å²) in [4.78, 5) is 14.8. The van der Waals surface area contributed by atoms with Crippen molar-refractivity contribution in [2.75, 3.05) is 20.1 Å². The van der Waals surface area contributed by atoms with Crippen molar-refractivity contribution in [3.8, 4) is 0 Å². The van der Waals surface area contributed by atoms with Crippen LogP contribution in [-0.4, -0.2) is 30.9 Å². The van der Waals surface area contributed by atoms with Gasteiger partial charge in [-0.2, -0.15) is 0 Å². The highest BCUT2D eigenvalue weighted by Gasteiger charge is 2.20. The van der Waals surface area contributed by atoms with E-state index in [0.29, 0.717) is 0 Å². The van der Waals surface area contributed by atoms with Gasteiger partial charge in [0.05, 0.1) is 4.88 Å². The number of amides is 1. The summed E-state index contributed by atoms with van der Waals surface area (Å²) in [6, 6.07) is 2.00. The van der Waals surface area contributed by atoms with Gasteiger partial charge in [0, 0.05) is 19.6 Å². The number of carbonyl (C=O) groups excluding carboxylic acids is 1. The Labute approximate surface area is 94.1 Å². The summed E-state index contributed by atoms with van der Waals surface area (Å²) in [5, 5.41) is 5.14. The minimum atomic E-state index is 0.208. The van der Waals surface area contributed by atoms with Gasteiger partial charge in [-0.3, -0.25) is 4.79 Å². The average Bonchev–Trinajstić information content (AvgIpc) is 2.87. The molecule has 0 unspecified atom stereocenters. The van der Waals surface area contributed by atoms with Crippen LogP contribution < -0.4 is 5.32 Å². The molecule has 0 radical (unpaired) electrons. The molecule has 1 amide bonds. The van der Waals surface area contributed by atoms with E-state index < -0.39 is 0 Å². The molecule has 2 rings (SSSR count). The number of carbonyl (C=O) groups is 1.